The van der Waals surface area contributed by atoms with Gasteiger partial charge >= 0.3 is 30.6 Å². The lowest BCUT2D eigenvalue weighted by molar-refractivity contribution is 0.00494. The molecule has 0 saturated carbocycles. The highest BCUT2D eigenvalue weighted by atomic mass is 31.3. The van der Waals surface area contributed by atoms with Crippen LogP contribution in [0.3, 0.4) is 0 Å². The summed E-state index contributed by atoms with van der Waals surface area (Å²) >= 11 is 0. The van der Waals surface area contributed by atoms with Crippen LogP contribution >= 0.6 is 45.8 Å². The first-order valence-electron chi connectivity index (χ1n) is 40.6. The maximum atomic E-state index is 7.30. The predicted octanol–water partition coefficient (Wildman–Crippen LogP) is 25.4. The zero-order valence-corrected chi connectivity index (χ0v) is 71.3. The molecule has 30 heteroatoms. The summed E-state index contributed by atoms with van der Waals surface area (Å²) in [6.45, 7) is 5.13. The van der Waals surface area contributed by atoms with Crippen LogP contribution in [0.5, 0.6) is 34.5 Å². The van der Waals surface area contributed by atoms with Gasteiger partial charge in [0.2, 0.25) is 0 Å². The Hall–Kier alpha value is -8.10. The van der Waals surface area contributed by atoms with Gasteiger partial charge < -0.3 is 64.6 Å². The first-order chi connectivity index (χ1) is 58.1. The molecule has 12 aromatic carbocycles. The Morgan fingerprint density at radius 1 is 0.212 bits per heavy atom. The molecule has 4 unspecified atom stereocenters. The molecule has 0 spiro atoms. The van der Waals surface area contributed by atoms with Crippen molar-refractivity contribution in [2.24, 2.45) is 27.1 Å². The summed E-state index contributed by atoms with van der Waals surface area (Å²) in [5, 5.41) is 19.6. The third-order valence-electron chi connectivity index (χ3n) is 19.8. The van der Waals surface area contributed by atoms with Gasteiger partial charge in [-0.1, -0.05) is 233 Å². The molecule has 0 radical (unpaired) electrons. The van der Waals surface area contributed by atoms with E-state index in [-0.39, 0.29) is 52.9 Å². The first-order valence-corrected chi connectivity index (χ1v) is 50.0. The molecule has 4 aliphatic rings. The summed E-state index contributed by atoms with van der Waals surface area (Å²) in [6, 6.07) is 84.3. The minimum Gasteiger partial charge on any atom is -0.422 e. The highest BCUT2D eigenvalue weighted by Gasteiger charge is 2.47. The number of ether oxygens (including phenoxy) is 6. The molecular weight excluding hydrogens is 1610 g/mol. The van der Waals surface area contributed by atoms with Crippen LogP contribution in [0.1, 0.15) is 64.2 Å². The zero-order chi connectivity index (χ0) is 79.9. The number of nitrogens with one attached hydrogen (secondary N) is 2. The van der Waals surface area contributed by atoms with E-state index in [1.54, 1.807) is 0 Å². The zero-order valence-electron chi connectivity index (χ0n) is 65.9. The molecule has 0 aliphatic carbocycles. The van der Waals surface area contributed by atoms with Crippen LogP contribution in [0.4, 0.5) is 0 Å². The van der Waals surface area contributed by atoms with Gasteiger partial charge in [0, 0.05) is 13.1 Å². The summed E-state index contributed by atoms with van der Waals surface area (Å²) in [4.78, 5) is 0. The maximum absolute atomic E-state index is 7.30. The number of fused-ring (bicyclic) bond motifs is 8. The SMILES string of the molecule is c1ccc2cc(OP34=NP(NCCCCCCCCCCCCNP56=NP(Oc7ccc8ccccc8c7)(Oc7ccc8ccccc8c7)=NP(Oc7ccc8ccccc8c7)(=N5)OCCOCCOCCOCCO6)(=NP(Oc5ccc6ccccc6c5)(Oc5ccc6ccccc6c5)=N3)OCCOCCOCCOCCO4)ccc2c1. The highest BCUT2D eigenvalue weighted by molar-refractivity contribution is 7.80. The number of hydrogen-bond donors (Lipinski definition) is 2. The summed E-state index contributed by atoms with van der Waals surface area (Å²) in [5.74, 6) is 2.93. The van der Waals surface area contributed by atoms with Crippen molar-refractivity contribution in [3.8, 4) is 34.5 Å². The summed E-state index contributed by atoms with van der Waals surface area (Å²) in [6.07, 6.45) is 9.78. The second-order valence-corrected chi connectivity index (χ2v) is 41.7. The van der Waals surface area contributed by atoms with Crippen LogP contribution in [0.25, 0.3) is 64.6 Å². The predicted molar refractivity (Wildman–Crippen MR) is 474 cm³/mol. The summed E-state index contributed by atoms with van der Waals surface area (Å²) in [5.41, 5.74) is 0. The van der Waals surface area contributed by atoms with Crippen molar-refractivity contribution >= 4 is 110 Å². The number of nitrogens with zero attached hydrogens (tertiary/aromatic N) is 6. The number of unbranched alkanes of at least 4 members (excludes halogenated alkanes) is 9. The fraction of sp³-hybridized carbons (Fsp3) is 0.318. The second-order valence-electron chi connectivity index (χ2n) is 28.5. The molecule has 618 valence electrons. The average Bonchev–Trinajstić information content (AvgIpc) is 0.738. The van der Waals surface area contributed by atoms with Crippen molar-refractivity contribution in [1.29, 1.82) is 0 Å². The molecule has 12 aromatic rings. The van der Waals surface area contributed by atoms with Crippen LogP contribution in [0.2, 0.25) is 0 Å². The Labute approximate surface area is 689 Å². The Kier molecular flexibility index (Phi) is 29.0. The molecule has 0 amide bonds. The van der Waals surface area contributed by atoms with E-state index >= 15 is 0 Å². The maximum Gasteiger partial charge on any atom is 0.457 e. The van der Waals surface area contributed by atoms with Crippen LogP contribution in [0.15, 0.2) is 282 Å². The molecule has 4 atom stereocenters. The van der Waals surface area contributed by atoms with Gasteiger partial charge in [0.15, 0.2) is 0 Å². The third-order valence-corrected chi connectivity index (χ3v) is 37.0. The quantitative estimate of drug-likeness (QED) is 0.0359. The van der Waals surface area contributed by atoms with Crippen LogP contribution < -0.4 is 37.3 Å². The topological polar surface area (TPSA) is 246 Å². The molecule has 0 aromatic heterocycles. The minimum absolute atomic E-state index is 0.0609. The van der Waals surface area contributed by atoms with Gasteiger partial charge in [0.25, 0.3) is 15.2 Å². The van der Waals surface area contributed by atoms with Gasteiger partial charge in [-0.25, -0.2) is 10.2 Å². The van der Waals surface area contributed by atoms with E-state index in [1.807, 2.05) is 218 Å². The van der Waals surface area contributed by atoms with E-state index in [2.05, 4.69) is 46.6 Å². The van der Waals surface area contributed by atoms with E-state index < -0.39 is 45.8 Å². The lowest BCUT2D eigenvalue weighted by Crippen LogP contribution is -2.19. The molecule has 4 bridgehead atoms. The van der Waals surface area contributed by atoms with Gasteiger partial charge in [-0.3, -0.25) is 9.05 Å². The lowest BCUT2D eigenvalue weighted by atomic mass is 10.1. The molecule has 0 saturated heterocycles. The molecule has 0 fully saturated rings. The van der Waals surface area contributed by atoms with Crippen LogP contribution in [-0.4, -0.2) is 119 Å². The molecule has 4 aliphatic heterocycles. The summed E-state index contributed by atoms with van der Waals surface area (Å²) in [7, 11) is -23.3. The molecule has 16 rings (SSSR count). The molecule has 24 nitrogen and oxygen atoms in total. The number of rotatable bonds is 27. The first kappa shape index (κ1) is 83.5. The van der Waals surface area contributed by atoms with Crippen molar-refractivity contribution in [2.45, 2.75) is 64.2 Å². The minimum atomic E-state index is -4.02. The monoisotopic (exact) mass is 1710 g/mol. The van der Waals surface area contributed by atoms with Gasteiger partial charge in [-0.2, -0.15) is 0 Å². The standard InChI is InChI=1S/C88H100N8O16P6/c1(3-5-7-21-47-89-113-91-115(107-83-41-35-71-23-9-15-29-77(71)65-83,105-63-59-101-55-51-97-49-53-99-57-61-103-113)95-117(93-113,109-85-43-37-73-25-11-17-31-79(73)67-85)110-86-44-38-74-26-12-18-32-80(74)68-86)2-4-6-8-22-48-90-114-92-116(108-84-42-36-72-24-10-16-30-78(72)66-84,106-64-60-102-56-52-98-50-54-100-58-62-104-114)96-118(94-114,111-87-45-39-75-27-13-19-33-81(75)69-87)112-88-46-40-76-28-14-20-34-82(76)70-88/h9-20,23-46,65-70,89-90H,1-8,21-22,47-64H2. The van der Waals surface area contributed by atoms with E-state index in [0.717, 1.165) is 129 Å². The molecule has 2 N–H and O–H groups in total. The van der Waals surface area contributed by atoms with Gasteiger partial charge in [-0.05, 0) is 150 Å². The van der Waals surface area contributed by atoms with E-state index in [1.165, 1.54) is 0 Å². The van der Waals surface area contributed by atoms with Crippen molar-refractivity contribution in [3.63, 3.8) is 0 Å². The largest absolute Gasteiger partial charge is 0.457 e. The average molecular weight is 1710 g/mol. The number of benzene rings is 12. The van der Waals surface area contributed by atoms with Crippen molar-refractivity contribution < 1.29 is 73.7 Å². The van der Waals surface area contributed by atoms with Crippen molar-refractivity contribution in [2.75, 3.05) is 119 Å². The third kappa shape index (κ3) is 22.7. The van der Waals surface area contributed by atoms with Crippen LogP contribution in [0, 0.1) is 0 Å². The van der Waals surface area contributed by atoms with Gasteiger partial charge in [-0.15, -0.1) is 27.1 Å². The van der Waals surface area contributed by atoms with E-state index in [9.17, 15) is 0 Å². The highest BCUT2D eigenvalue weighted by Crippen LogP contribution is 2.80. The van der Waals surface area contributed by atoms with Crippen molar-refractivity contribution in [1.82, 2.24) is 10.2 Å². The molecular formula is C88H100N8O16P6. The Balaban J connectivity index is 0.637. The van der Waals surface area contributed by atoms with Crippen molar-refractivity contribution in [3.05, 3.63) is 255 Å². The summed E-state index contributed by atoms with van der Waals surface area (Å²) < 4.78 is 141. The second kappa shape index (κ2) is 41.0. The van der Waals surface area contributed by atoms with Gasteiger partial charge in [0.1, 0.15) is 34.5 Å². The van der Waals surface area contributed by atoms with Crippen LogP contribution in [-0.2, 0) is 46.5 Å². The smallest absolute Gasteiger partial charge is 0.422 e. The lowest BCUT2D eigenvalue weighted by Gasteiger charge is -2.34. The number of hydrogen-bond acceptors (Lipinski definition) is 24. The van der Waals surface area contributed by atoms with E-state index in [4.69, 9.17) is 101 Å². The fourth-order valence-electron chi connectivity index (χ4n) is 14.0. The van der Waals surface area contributed by atoms with E-state index in [0.29, 0.717) is 100 Å². The normalized spacial score (nSPS) is 21.7. The fourth-order valence-corrected chi connectivity index (χ4v) is 33.3. The molecule has 4 heterocycles. The van der Waals surface area contributed by atoms with Gasteiger partial charge in [0.05, 0.1) is 106 Å². The molecule has 118 heavy (non-hydrogen) atoms. The Morgan fingerprint density at radius 3 is 0.678 bits per heavy atom. The Morgan fingerprint density at radius 2 is 0.424 bits per heavy atom. The Bertz CT molecular complexity index is 5290.